The van der Waals surface area contributed by atoms with E-state index < -0.39 is 0 Å². The summed E-state index contributed by atoms with van der Waals surface area (Å²) in [6, 6.07) is 14.5. The largest absolute Gasteiger partial charge is 0.207 e. The minimum Gasteiger partial charge on any atom is -0.207 e. The van der Waals surface area contributed by atoms with Crippen molar-refractivity contribution in [3.63, 3.8) is 0 Å². The van der Waals surface area contributed by atoms with Crippen molar-refractivity contribution in [2.75, 3.05) is 0 Å². The van der Waals surface area contributed by atoms with Crippen LogP contribution in [-0.4, -0.2) is 0 Å². The lowest BCUT2D eigenvalue weighted by Gasteiger charge is -2.11. The maximum Gasteiger partial charge on any atom is 0.127 e. The monoisotopic (exact) mass is 282 g/mol. The summed E-state index contributed by atoms with van der Waals surface area (Å²) in [6.45, 7) is 0. The molecule has 0 heterocycles. The van der Waals surface area contributed by atoms with Crippen LogP contribution in [0.1, 0.15) is 22.9 Å². The fraction of sp³-hybridized carbons (Fsp3) is 0.200. The van der Waals surface area contributed by atoms with Crippen molar-refractivity contribution in [1.29, 1.82) is 0 Å². The van der Waals surface area contributed by atoms with Crippen LogP contribution < -0.4 is 0 Å². The van der Waals surface area contributed by atoms with Crippen molar-refractivity contribution in [2.24, 2.45) is 0 Å². The van der Waals surface area contributed by atoms with E-state index in [1.54, 1.807) is 12.1 Å². The van der Waals surface area contributed by atoms with Crippen LogP contribution in [0.25, 0.3) is 0 Å². The van der Waals surface area contributed by atoms with Gasteiger partial charge in [0.25, 0.3) is 0 Å². The van der Waals surface area contributed by atoms with Crippen molar-refractivity contribution in [3.8, 4) is 0 Å². The molecule has 0 saturated heterocycles. The number of hydrogen-bond donors (Lipinski definition) is 0. The van der Waals surface area contributed by atoms with Gasteiger partial charge in [0.05, 0.1) is 5.38 Å². The summed E-state index contributed by atoms with van der Waals surface area (Å²) in [5.41, 5.74) is 1.59. The van der Waals surface area contributed by atoms with E-state index in [0.29, 0.717) is 23.4 Å². The lowest BCUT2D eigenvalue weighted by molar-refractivity contribution is 0.603. The molecule has 0 aromatic heterocycles. The summed E-state index contributed by atoms with van der Waals surface area (Å²) in [4.78, 5) is 0. The summed E-state index contributed by atoms with van der Waals surface area (Å²) >= 11 is 12.3. The van der Waals surface area contributed by atoms with Gasteiger partial charge in [-0.1, -0.05) is 48.0 Å². The zero-order valence-electron chi connectivity index (χ0n) is 9.74. The summed E-state index contributed by atoms with van der Waals surface area (Å²) in [6.07, 6.45) is 1.20. The first-order chi connectivity index (χ1) is 8.68. The van der Waals surface area contributed by atoms with E-state index in [2.05, 4.69) is 0 Å². The topological polar surface area (TPSA) is 0 Å². The Morgan fingerprint density at radius 3 is 2.39 bits per heavy atom. The predicted octanol–water partition coefficient (Wildman–Crippen LogP) is 5.39. The van der Waals surface area contributed by atoms with Crippen molar-refractivity contribution in [3.05, 3.63) is 70.5 Å². The van der Waals surface area contributed by atoms with Gasteiger partial charge in [0.1, 0.15) is 5.82 Å². The van der Waals surface area contributed by atoms with Crippen LogP contribution in [0.5, 0.6) is 0 Å². The highest BCUT2D eigenvalue weighted by Crippen LogP contribution is 2.28. The minimum atomic E-state index is -0.264. The normalized spacial score (nSPS) is 12.4. The van der Waals surface area contributed by atoms with E-state index >= 15 is 0 Å². The summed E-state index contributed by atoms with van der Waals surface area (Å²) in [7, 11) is 0. The van der Waals surface area contributed by atoms with Crippen LogP contribution in [0.4, 0.5) is 4.39 Å². The third kappa shape index (κ3) is 3.24. The first-order valence-electron chi connectivity index (χ1n) is 5.80. The number of hydrogen-bond acceptors (Lipinski definition) is 0. The molecule has 0 amide bonds. The Labute approximate surface area is 116 Å². The fourth-order valence-electron chi connectivity index (χ4n) is 1.87. The van der Waals surface area contributed by atoms with Crippen LogP contribution in [0, 0.1) is 5.82 Å². The van der Waals surface area contributed by atoms with Crippen molar-refractivity contribution in [2.45, 2.75) is 18.2 Å². The Bertz CT molecular complexity index is 491. The molecule has 0 aliphatic carbocycles. The molecule has 0 spiro atoms. The maximum absolute atomic E-state index is 13.6. The Morgan fingerprint density at radius 2 is 1.72 bits per heavy atom. The average Bonchev–Trinajstić information content (AvgIpc) is 2.39. The predicted molar refractivity (Wildman–Crippen MR) is 74.8 cm³/mol. The minimum absolute atomic E-state index is 0.123. The van der Waals surface area contributed by atoms with E-state index in [4.69, 9.17) is 23.2 Å². The molecule has 0 saturated carbocycles. The lowest BCUT2D eigenvalue weighted by Crippen LogP contribution is -1.97. The molecule has 2 aromatic carbocycles. The Kier molecular flexibility index (Phi) is 4.62. The van der Waals surface area contributed by atoms with Gasteiger partial charge in [0.15, 0.2) is 0 Å². The molecule has 3 heteroatoms. The van der Waals surface area contributed by atoms with E-state index in [1.165, 1.54) is 6.07 Å². The fourth-order valence-corrected chi connectivity index (χ4v) is 2.38. The van der Waals surface area contributed by atoms with Gasteiger partial charge in [-0.05, 0) is 30.5 Å². The van der Waals surface area contributed by atoms with Gasteiger partial charge < -0.3 is 0 Å². The van der Waals surface area contributed by atoms with Crippen LogP contribution in [-0.2, 0) is 6.42 Å². The Morgan fingerprint density at radius 1 is 1.00 bits per heavy atom. The molecule has 0 aliphatic rings. The molecule has 0 bridgehead atoms. The molecule has 0 nitrogen and oxygen atoms in total. The van der Waals surface area contributed by atoms with Crippen LogP contribution >= 0.6 is 23.2 Å². The molecule has 0 N–H and O–H groups in total. The second kappa shape index (κ2) is 6.21. The molecule has 94 valence electrons. The van der Waals surface area contributed by atoms with Gasteiger partial charge in [-0.15, -0.1) is 11.6 Å². The quantitative estimate of drug-likeness (QED) is 0.660. The molecule has 2 aromatic rings. The molecular formula is C15H13Cl2F. The number of alkyl halides is 1. The Balaban J connectivity index is 2.04. The number of halogens is 3. The zero-order valence-corrected chi connectivity index (χ0v) is 11.3. The number of rotatable bonds is 4. The van der Waals surface area contributed by atoms with Crippen molar-refractivity contribution in [1.82, 2.24) is 0 Å². The zero-order chi connectivity index (χ0) is 13.0. The van der Waals surface area contributed by atoms with E-state index in [0.717, 1.165) is 5.56 Å². The van der Waals surface area contributed by atoms with E-state index in [9.17, 15) is 4.39 Å². The molecule has 0 aliphatic heterocycles. The molecule has 0 fully saturated rings. The summed E-state index contributed by atoms with van der Waals surface area (Å²) in [5, 5.41) is 0.341. The van der Waals surface area contributed by atoms with Crippen LogP contribution in [0.2, 0.25) is 5.02 Å². The average molecular weight is 283 g/mol. The molecule has 1 unspecified atom stereocenters. The van der Waals surface area contributed by atoms with Crippen molar-refractivity contribution < 1.29 is 4.39 Å². The SMILES string of the molecule is Fc1cccc(Cl)c1CCC(Cl)c1ccccc1. The van der Waals surface area contributed by atoms with Crippen LogP contribution in [0.3, 0.4) is 0 Å². The highest BCUT2D eigenvalue weighted by Gasteiger charge is 2.11. The van der Waals surface area contributed by atoms with Gasteiger partial charge >= 0.3 is 0 Å². The maximum atomic E-state index is 13.6. The summed E-state index contributed by atoms with van der Waals surface area (Å²) < 4.78 is 13.6. The van der Waals surface area contributed by atoms with Crippen molar-refractivity contribution >= 4 is 23.2 Å². The summed E-state index contributed by atoms with van der Waals surface area (Å²) in [5.74, 6) is -0.264. The third-order valence-corrected chi connectivity index (χ3v) is 3.70. The van der Waals surface area contributed by atoms with Gasteiger partial charge in [0.2, 0.25) is 0 Å². The lowest BCUT2D eigenvalue weighted by atomic mass is 10.0. The van der Waals surface area contributed by atoms with Gasteiger partial charge in [-0.3, -0.25) is 0 Å². The second-order valence-corrected chi connectivity index (χ2v) is 5.05. The Hall–Kier alpha value is -1.05. The highest BCUT2D eigenvalue weighted by atomic mass is 35.5. The molecule has 2 rings (SSSR count). The van der Waals surface area contributed by atoms with E-state index in [-0.39, 0.29) is 11.2 Å². The number of benzene rings is 2. The first kappa shape index (κ1) is 13.4. The van der Waals surface area contributed by atoms with Gasteiger partial charge in [0, 0.05) is 10.6 Å². The first-order valence-corrected chi connectivity index (χ1v) is 6.62. The molecular weight excluding hydrogens is 270 g/mol. The van der Waals surface area contributed by atoms with Gasteiger partial charge in [-0.2, -0.15) is 0 Å². The third-order valence-electron chi connectivity index (χ3n) is 2.87. The molecule has 1 atom stereocenters. The van der Waals surface area contributed by atoms with Crippen LogP contribution in [0.15, 0.2) is 48.5 Å². The highest BCUT2D eigenvalue weighted by molar-refractivity contribution is 6.31. The van der Waals surface area contributed by atoms with Gasteiger partial charge in [-0.25, -0.2) is 4.39 Å². The smallest absolute Gasteiger partial charge is 0.127 e. The second-order valence-electron chi connectivity index (χ2n) is 4.12. The van der Waals surface area contributed by atoms with E-state index in [1.807, 2.05) is 30.3 Å². The molecule has 18 heavy (non-hydrogen) atoms. The molecule has 0 radical (unpaired) electrons. The standard InChI is InChI=1S/C15H13Cl2F/c16-13(11-5-2-1-3-6-11)10-9-12-14(17)7-4-8-15(12)18/h1-8,13H,9-10H2.